The van der Waals surface area contributed by atoms with Gasteiger partial charge in [-0.05, 0) is 12.8 Å². The van der Waals surface area contributed by atoms with E-state index in [1.165, 1.54) is 38.5 Å². The van der Waals surface area contributed by atoms with E-state index in [2.05, 4.69) is 15.5 Å². The van der Waals surface area contributed by atoms with Crippen LogP contribution < -0.4 is 5.32 Å². The third-order valence-electron chi connectivity index (χ3n) is 3.12. The molecule has 0 saturated heterocycles. The van der Waals surface area contributed by atoms with Crippen molar-refractivity contribution in [1.82, 2.24) is 15.5 Å². The molecule has 2 rings (SSSR count). The molecule has 0 aliphatic heterocycles. The molecule has 1 aliphatic carbocycles. The van der Waals surface area contributed by atoms with Crippen molar-refractivity contribution in [3.63, 3.8) is 0 Å². The molecule has 96 valence electrons. The van der Waals surface area contributed by atoms with Crippen LogP contribution in [-0.4, -0.2) is 28.5 Å². The van der Waals surface area contributed by atoms with Crippen LogP contribution in [-0.2, 0) is 0 Å². The molecule has 0 radical (unpaired) electrons. The van der Waals surface area contributed by atoms with Crippen LogP contribution in [0.2, 0.25) is 0 Å². The van der Waals surface area contributed by atoms with E-state index in [1.54, 1.807) is 11.8 Å². The van der Waals surface area contributed by atoms with Crippen LogP contribution in [0.4, 0.5) is 0 Å². The number of nitrogens with one attached hydrogen (secondary N) is 1. The maximum atomic E-state index is 5.31. The van der Waals surface area contributed by atoms with E-state index < -0.39 is 0 Å². The van der Waals surface area contributed by atoms with E-state index in [4.69, 9.17) is 4.42 Å². The van der Waals surface area contributed by atoms with Crippen LogP contribution in [0, 0.1) is 6.92 Å². The largest absolute Gasteiger partial charge is 0.416 e. The van der Waals surface area contributed by atoms with E-state index in [-0.39, 0.29) is 0 Å². The fourth-order valence-electron chi connectivity index (χ4n) is 2.22. The Labute approximate surface area is 107 Å². The average molecular weight is 255 g/mol. The highest BCUT2D eigenvalue weighted by molar-refractivity contribution is 7.99. The Balaban J connectivity index is 1.59. The van der Waals surface area contributed by atoms with Crippen molar-refractivity contribution in [3.8, 4) is 0 Å². The van der Waals surface area contributed by atoms with Gasteiger partial charge in [0.15, 0.2) is 0 Å². The molecule has 17 heavy (non-hydrogen) atoms. The van der Waals surface area contributed by atoms with Crippen molar-refractivity contribution in [2.45, 2.75) is 56.7 Å². The first kappa shape index (κ1) is 12.9. The van der Waals surface area contributed by atoms with Gasteiger partial charge in [-0.25, -0.2) is 0 Å². The lowest BCUT2D eigenvalue weighted by molar-refractivity contribution is 0.428. The minimum Gasteiger partial charge on any atom is -0.416 e. The normalized spacial score (nSPS) is 18.2. The lowest BCUT2D eigenvalue weighted by atomic mass is 10.1. The minimum absolute atomic E-state index is 0.643. The Morgan fingerprint density at radius 2 is 2.00 bits per heavy atom. The molecule has 1 aromatic heterocycles. The first-order valence-electron chi connectivity index (χ1n) is 6.51. The lowest BCUT2D eigenvalue weighted by Gasteiger charge is -2.15. The third-order valence-corrected chi connectivity index (χ3v) is 3.94. The van der Waals surface area contributed by atoms with Crippen molar-refractivity contribution in [2.24, 2.45) is 0 Å². The van der Waals surface area contributed by atoms with Gasteiger partial charge in [0.25, 0.3) is 5.22 Å². The second kappa shape index (κ2) is 7.01. The van der Waals surface area contributed by atoms with Crippen molar-refractivity contribution in [1.29, 1.82) is 0 Å². The summed E-state index contributed by atoms with van der Waals surface area (Å²) >= 11 is 1.63. The number of aromatic nitrogens is 2. The molecule has 1 N–H and O–H groups in total. The first-order valence-corrected chi connectivity index (χ1v) is 7.49. The summed E-state index contributed by atoms with van der Waals surface area (Å²) in [7, 11) is 0. The zero-order valence-corrected chi connectivity index (χ0v) is 11.3. The number of hydrogen-bond donors (Lipinski definition) is 1. The molecule has 1 saturated carbocycles. The van der Waals surface area contributed by atoms with Gasteiger partial charge in [-0.1, -0.05) is 37.4 Å². The molecule has 1 aromatic rings. The summed E-state index contributed by atoms with van der Waals surface area (Å²) in [6.45, 7) is 2.84. The fraction of sp³-hybridized carbons (Fsp3) is 0.833. The number of nitrogens with zero attached hydrogens (tertiary/aromatic N) is 2. The zero-order chi connectivity index (χ0) is 11.9. The van der Waals surface area contributed by atoms with Crippen LogP contribution in [0.1, 0.15) is 44.4 Å². The maximum Gasteiger partial charge on any atom is 0.276 e. The van der Waals surface area contributed by atoms with Crippen LogP contribution in [0.5, 0.6) is 0 Å². The standard InChI is InChI=1S/C12H21N3OS/c1-10-14-15-12(16-10)17-9-8-13-11-6-4-2-3-5-7-11/h11,13H,2-9H2,1H3. The summed E-state index contributed by atoms with van der Waals surface area (Å²) in [5.74, 6) is 1.64. The molecule has 1 aliphatic rings. The molecule has 5 heteroatoms. The third kappa shape index (κ3) is 4.68. The molecular weight excluding hydrogens is 234 g/mol. The second-order valence-corrected chi connectivity index (χ2v) is 5.62. The Morgan fingerprint density at radius 3 is 2.65 bits per heavy atom. The lowest BCUT2D eigenvalue weighted by Crippen LogP contribution is -2.30. The minimum atomic E-state index is 0.643. The van der Waals surface area contributed by atoms with Gasteiger partial charge in [0, 0.05) is 25.3 Å². The van der Waals surface area contributed by atoms with Gasteiger partial charge in [0.1, 0.15) is 0 Å². The summed E-state index contributed by atoms with van der Waals surface area (Å²) < 4.78 is 5.31. The van der Waals surface area contributed by atoms with Crippen molar-refractivity contribution in [2.75, 3.05) is 12.3 Å². The van der Waals surface area contributed by atoms with E-state index in [9.17, 15) is 0 Å². The van der Waals surface area contributed by atoms with E-state index in [0.717, 1.165) is 18.3 Å². The molecule has 0 aromatic carbocycles. The molecule has 1 fully saturated rings. The summed E-state index contributed by atoms with van der Waals surface area (Å²) in [4.78, 5) is 0. The van der Waals surface area contributed by atoms with Crippen LogP contribution >= 0.6 is 11.8 Å². The predicted molar refractivity (Wildman–Crippen MR) is 69.3 cm³/mol. The summed E-state index contributed by atoms with van der Waals surface area (Å²) in [5, 5.41) is 12.1. The van der Waals surface area contributed by atoms with Crippen molar-refractivity contribution >= 4 is 11.8 Å². The van der Waals surface area contributed by atoms with Gasteiger partial charge < -0.3 is 9.73 Å². The summed E-state index contributed by atoms with van der Waals surface area (Å²) in [5.41, 5.74) is 0. The van der Waals surface area contributed by atoms with E-state index in [1.807, 2.05) is 6.92 Å². The van der Waals surface area contributed by atoms with Gasteiger partial charge in [-0.3, -0.25) is 0 Å². The van der Waals surface area contributed by atoms with Crippen LogP contribution in [0.15, 0.2) is 9.64 Å². The maximum absolute atomic E-state index is 5.31. The van der Waals surface area contributed by atoms with Gasteiger partial charge in [0.2, 0.25) is 5.89 Å². The summed E-state index contributed by atoms with van der Waals surface area (Å²) in [6.07, 6.45) is 8.26. The van der Waals surface area contributed by atoms with Gasteiger partial charge >= 0.3 is 0 Å². The highest BCUT2D eigenvalue weighted by Gasteiger charge is 2.11. The molecular formula is C12H21N3OS. The van der Waals surface area contributed by atoms with E-state index in [0.29, 0.717) is 11.1 Å². The number of hydrogen-bond acceptors (Lipinski definition) is 5. The Bertz CT molecular complexity index is 321. The van der Waals surface area contributed by atoms with Crippen LogP contribution in [0.3, 0.4) is 0 Å². The van der Waals surface area contributed by atoms with Gasteiger partial charge in [-0.15, -0.1) is 10.2 Å². The molecule has 0 atom stereocenters. The Morgan fingerprint density at radius 1 is 1.24 bits per heavy atom. The topological polar surface area (TPSA) is 51.0 Å². The average Bonchev–Trinajstić information content (AvgIpc) is 2.59. The SMILES string of the molecule is Cc1nnc(SCCNC2CCCCCC2)o1. The summed E-state index contributed by atoms with van der Waals surface area (Å²) in [6, 6.07) is 0.725. The Kier molecular flexibility index (Phi) is 5.32. The highest BCUT2D eigenvalue weighted by Crippen LogP contribution is 2.18. The quantitative estimate of drug-likeness (QED) is 0.498. The first-order chi connectivity index (χ1) is 8.34. The Hall–Kier alpha value is -0.550. The fourth-order valence-corrected chi connectivity index (χ4v) is 2.89. The molecule has 0 unspecified atom stereocenters. The number of thioether (sulfide) groups is 1. The zero-order valence-electron chi connectivity index (χ0n) is 10.4. The van der Waals surface area contributed by atoms with Gasteiger partial charge in [0.05, 0.1) is 0 Å². The number of rotatable bonds is 5. The molecule has 4 nitrogen and oxygen atoms in total. The predicted octanol–water partition coefficient (Wildman–Crippen LogP) is 2.78. The molecule has 0 spiro atoms. The number of aryl methyl sites for hydroxylation is 1. The van der Waals surface area contributed by atoms with Crippen molar-refractivity contribution < 1.29 is 4.42 Å². The highest BCUT2D eigenvalue weighted by atomic mass is 32.2. The van der Waals surface area contributed by atoms with Crippen molar-refractivity contribution in [3.05, 3.63) is 5.89 Å². The second-order valence-electron chi connectivity index (χ2n) is 4.58. The van der Waals surface area contributed by atoms with Crippen LogP contribution in [0.25, 0.3) is 0 Å². The molecule has 0 amide bonds. The monoisotopic (exact) mass is 255 g/mol. The smallest absolute Gasteiger partial charge is 0.276 e. The molecule has 1 heterocycles. The van der Waals surface area contributed by atoms with E-state index >= 15 is 0 Å². The molecule has 0 bridgehead atoms. The van der Waals surface area contributed by atoms with Gasteiger partial charge in [-0.2, -0.15) is 0 Å².